The number of urea groups is 1. The van der Waals surface area contributed by atoms with E-state index in [2.05, 4.69) is 5.32 Å². The van der Waals surface area contributed by atoms with E-state index in [1.54, 1.807) is 67.8 Å². The lowest BCUT2D eigenvalue weighted by Gasteiger charge is -2.16. The molecule has 0 saturated heterocycles. The summed E-state index contributed by atoms with van der Waals surface area (Å²) in [5, 5.41) is 31.4. The molecule has 9 nitrogen and oxygen atoms in total. The molecular formula is C11H7I3N2O7. The Bertz CT molecular complexity index is 679. The lowest BCUT2D eigenvalue weighted by atomic mass is 10.1. The number of hydrogen-bond acceptors (Lipinski definition) is 4. The third kappa shape index (κ3) is 4.78. The first-order chi connectivity index (χ1) is 10.6. The van der Waals surface area contributed by atoms with Gasteiger partial charge in [0.25, 0.3) is 0 Å². The highest BCUT2D eigenvalue weighted by molar-refractivity contribution is 14.1. The van der Waals surface area contributed by atoms with Crippen molar-refractivity contribution in [3.63, 3.8) is 0 Å². The fourth-order valence-electron chi connectivity index (χ4n) is 1.46. The number of benzene rings is 1. The van der Waals surface area contributed by atoms with Crippen LogP contribution in [0.25, 0.3) is 0 Å². The van der Waals surface area contributed by atoms with Crippen LogP contribution in [0.5, 0.6) is 0 Å². The topological polar surface area (TPSA) is 153 Å². The minimum Gasteiger partial charge on any atom is -0.480 e. The van der Waals surface area contributed by atoms with E-state index in [4.69, 9.17) is 5.11 Å². The van der Waals surface area contributed by atoms with E-state index in [-0.39, 0.29) is 27.5 Å². The first-order valence-corrected chi connectivity index (χ1v) is 8.75. The van der Waals surface area contributed by atoms with Crippen molar-refractivity contribution in [2.45, 2.75) is 0 Å². The fourth-order valence-corrected chi connectivity index (χ4v) is 5.82. The maximum Gasteiger partial charge on any atom is 0.337 e. The second-order valence-corrected chi connectivity index (χ2v) is 7.11. The minimum atomic E-state index is -1.34. The van der Waals surface area contributed by atoms with Crippen molar-refractivity contribution in [3.8, 4) is 0 Å². The van der Waals surface area contributed by atoms with Gasteiger partial charge in [-0.2, -0.15) is 0 Å². The van der Waals surface area contributed by atoms with Crippen molar-refractivity contribution in [1.29, 1.82) is 0 Å². The van der Waals surface area contributed by atoms with Gasteiger partial charge in [-0.3, -0.25) is 4.79 Å². The number of nitrogens with one attached hydrogen (secondary N) is 2. The Hall–Kier alpha value is -0.910. The molecule has 0 aliphatic carbocycles. The highest BCUT2D eigenvalue weighted by atomic mass is 127. The molecule has 12 heteroatoms. The number of carboxylic acids is 3. The third-order valence-electron chi connectivity index (χ3n) is 2.38. The summed E-state index contributed by atoms with van der Waals surface area (Å²) in [6, 6.07) is -0.892. The van der Waals surface area contributed by atoms with Crippen LogP contribution in [0.3, 0.4) is 0 Å². The predicted octanol–water partition coefficient (Wildman–Crippen LogP) is 2.10. The summed E-state index contributed by atoms with van der Waals surface area (Å²) < 4.78 is 0.312. The molecule has 0 aliphatic rings. The number of rotatable bonds is 5. The number of carboxylic acid groups (broad SMARTS) is 3. The van der Waals surface area contributed by atoms with Crippen LogP contribution in [0.4, 0.5) is 10.5 Å². The number of anilines is 1. The molecule has 0 aliphatic heterocycles. The Morgan fingerprint density at radius 1 is 0.826 bits per heavy atom. The molecule has 0 aromatic heterocycles. The smallest absolute Gasteiger partial charge is 0.337 e. The monoisotopic (exact) mass is 660 g/mol. The SMILES string of the molecule is O=C(O)CNC(=O)Nc1c(I)c(C(=O)O)c(I)c(C(=O)O)c1I. The number of halogens is 3. The van der Waals surface area contributed by atoms with E-state index in [0.717, 1.165) is 0 Å². The van der Waals surface area contributed by atoms with Crippen molar-refractivity contribution in [2.75, 3.05) is 11.9 Å². The summed E-state index contributed by atoms with van der Waals surface area (Å²) in [6.07, 6.45) is 0. The molecule has 0 spiro atoms. The van der Waals surface area contributed by atoms with Gasteiger partial charge < -0.3 is 26.0 Å². The molecule has 0 unspecified atom stereocenters. The molecule has 23 heavy (non-hydrogen) atoms. The van der Waals surface area contributed by atoms with Crippen LogP contribution in [0.1, 0.15) is 20.7 Å². The van der Waals surface area contributed by atoms with E-state index in [9.17, 15) is 29.4 Å². The van der Waals surface area contributed by atoms with Crippen molar-refractivity contribution in [1.82, 2.24) is 5.32 Å². The predicted molar refractivity (Wildman–Crippen MR) is 103 cm³/mol. The van der Waals surface area contributed by atoms with Gasteiger partial charge in [-0.25, -0.2) is 14.4 Å². The Kier molecular flexibility index (Phi) is 7.24. The van der Waals surface area contributed by atoms with Gasteiger partial charge in [-0.05, 0) is 67.8 Å². The van der Waals surface area contributed by atoms with Gasteiger partial charge in [0.15, 0.2) is 0 Å². The largest absolute Gasteiger partial charge is 0.480 e. The second-order valence-electron chi connectivity index (χ2n) is 3.88. The Labute approximate surface area is 169 Å². The molecule has 0 bridgehead atoms. The van der Waals surface area contributed by atoms with Crippen LogP contribution in [0, 0.1) is 10.7 Å². The van der Waals surface area contributed by atoms with Gasteiger partial charge in [0.05, 0.1) is 24.0 Å². The Morgan fingerprint density at radius 3 is 1.61 bits per heavy atom. The molecule has 0 heterocycles. The average Bonchev–Trinajstić information content (AvgIpc) is 2.40. The van der Waals surface area contributed by atoms with Crippen molar-refractivity contribution < 1.29 is 34.5 Å². The molecule has 1 aromatic rings. The van der Waals surface area contributed by atoms with Gasteiger partial charge in [0.1, 0.15) is 6.54 Å². The summed E-state index contributed by atoms with van der Waals surface area (Å²) in [6.45, 7) is -0.638. The Morgan fingerprint density at radius 2 is 1.26 bits per heavy atom. The third-order valence-corrected chi connectivity index (χ3v) is 5.62. The molecule has 124 valence electrons. The van der Waals surface area contributed by atoms with Gasteiger partial charge in [-0.1, -0.05) is 0 Å². The van der Waals surface area contributed by atoms with Gasteiger partial charge in [-0.15, -0.1) is 0 Å². The summed E-state index contributed by atoms with van der Waals surface area (Å²) in [4.78, 5) is 44.8. The number of carbonyl (C=O) groups excluding carboxylic acids is 1. The zero-order valence-electron chi connectivity index (χ0n) is 10.8. The molecule has 1 aromatic carbocycles. The molecule has 2 amide bonds. The maximum atomic E-state index is 11.7. The van der Waals surface area contributed by atoms with Crippen LogP contribution >= 0.6 is 67.8 Å². The molecule has 5 N–H and O–H groups in total. The Balaban J connectivity index is 3.42. The van der Waals surface area contributed by atoms with Gasteiger partial charge in [0.2, 0.25) is 0 Å². The standard InChI is InChI=1S/C11H7I3N2O7/c12-5-3(9(19)20)6(13)8(7(14)4(5)10(21)22)16-11(23)15-1-2(17)18/h1H2,(H,17,18)(H,19,20)(H,21,22)(H2,15,16,23). The van der Waals surface area contributed by atoms with Crippen molar-refractivity contribution in [2.24, 2.45) is 0 Å². The molecule has 0 saturated carbocycles. The second kappa shape index (κ2) is 8.27. The van der Waals surface area contributed by atoms with E-state index in [1.807, 2.05) is 5.32 Å². The highest BCUT2D eigenvalue weighted by Gasteiger charge is 2.28. The fraction of sp³-hybridized carbons (Fsp3) is 0.0909. The lowest BCUT2D eigenvalue weighted by molar-refractivity contribution is -0.135. The van der Waals surface area contributed by atoms with E-state index >= 15 is 0 Å². The van der Waals surface area contributed by atoms with Gasteiger partial charge >= 0.3 is 23.9 Å². The van der Waals surface area contributed by atoms with Crippen LogP contribution in [-0.2, 0) is 4.79 Å². The van der Waals surface area contributed by atoms with Crippen molar-refractivity contribution >= 4 is 97.4 Å². The first-order valence-electron chi connectivity index (χ1n) is 5.51. The molecule has 0 radical (unpaired) electrons. The van der Waals surface area contributed by atoms with E-state index in [0.29, 0.717) is 0 Å². The lowest BCUT2D eigenvalue weighted by Crippen LogP contribution is -2.34. The molecule has 1 rings (SSSR count). The van der Waals surface area contributed by atoms with Crippen LogP contribution < -0.4 is 10.6 Å². The van der Waals surface area contributed by atoms with Gasteiger partial charge in [0, 0.05) is 3.57 Å². The highest BCUT2D eigenvalue weighted by Crippen LogP contribution is 2.35. The van der Waals surface area contributed by atoms with E-state index in [1.165, 1.54) is 0 Å². The zero-order valence-corrected chi connectivity index (χ0v) is 17.3. The zero-order chi connectivity index (χ0) is 17.9. The molecule has 0 fully saturated rings. The van der Waals surface area contributed by atoms with Crippen LogP contribution in [0.15, 0.2) is 0 Å². The quantitative estimate of drug-likeness (QED) is 0.304. The minimum absolute atomic E-state index is 0.00990. The molecule has 0 atom stereocenters. The number of aliphatic carboxylic acids is 1. The first kappa shape index (κ1) is 20.1. The summed E-state index contributed by atoms with van der Waals surface area (Å²) >= 11 is 4.98. The maximum absolute atomic E-state index is 11.7. The number of hydrogen-bond donors (Lipinski definition) is 5. The van der Waals surface area contributed by atoms with E-state index < -0.39 is 30.5 Å². The van der Waals surface area contributed by atoms with Crippen LogP contribution in [-0.4, -0.2) is 45.8 Å². The summed E-state index contributed by atoms with van der Waals surface area (Å²) in [5.41, 5.74) is -0.514. The van der Waals surface area contributed by atoms with Crippen molar-refractivity contribution in [3.05, 3.63) is 21.8 Å². The molecular weight excluding hydrogens is 653 g/mol. The number of aromatic carboxylic acids is 2. The number of carbonyl (C=O) groups is 4. The summed E-state index contributed by atoms with van der Waals surface area (Å²) in [5.74, 6) is -3.94. The summed E-state index contributed by atoms with van der Waals surface area (Å²) in [7, 11) is 0. The van der Waals surface area contributed by atoms with Crippen LogP contribution in [0.2, 0.25) is 0 Å². The number of amides is 2. The normalized spacial score (nSPS) is 10.0. The average molecular weight is 660 g/mol.